The molecule has 0 aliphatic heterocycles. The van der Waals surface area contributed by atoms with Gasteiger partial charge in [-0.2, -0.15) is 0 Å². The second-order valence-electron chi connectivity index (χ2n) is 11.8. The van der Waals surface area contributed by atoms with E-state index < -0.39 is 0 Å². The van der Waals surface area contributed by atoms with E-state index in [1.54, 1.807) is 12.1 Å². The van der Waals surface area contributed by atoms with E-state index >= 15 is 0 Å². The van der Waals surface area contributed by atoms with Gasteiger partial charge in [0.1, 0.15) is 11.5 Å². The van der Waals surface area contributed by atoms with Crippen LogP contribution in [0.15, 0.2) is 48.5 Å². The maximum absolute atomic E-state index is 9.01. The Morgan fingerprint density at radius 2 is 1.31 bits per heavy atom. The lowest BCUT2D eigenvalue weighted by molar-refractivity contribution is -0.143. The average Bonchev–Trinajstić information content (AvgIpc) is 2.88. The quantitative estimate of drug-likeness (QED) is 0.333. The van der Waals surface area contributed by atoms with Crippen molar-refractivity contribution in [3.05, 3.63) is 59.7 Å². The summed E-state index contributed by atoms with van der Waals surface area (Å²) in [6.07, 6.45) is 10.2. The van der Waals surface area contributed by atoms with Gasteiger partial charge in [0.15, 0.2) is 0 Å². The molecule has 3 nitrogen and oxygen atoms in total. The molecule has 0 bridgehead atoms. The Morgan fingerprint density at radius 3 is 1.78 bits per heavy atom. The Balaban J connectivity index is 0.000000346. The van der Waals surface area contributed by atoms with Crippen molar-refractivity contribution in [1.82, 2.24) is 0 Å². The molecule has 1 aliphatic rings. The number of phenolic OH excluding ortho intramolecular Hbond substituents is 1. The van der Waals surface area contributed by atoms with Gasteiger partial charge in [-0.25, -0.2) is 0 Å². The fraction of sp³-hybridized carbons (Fsp3) is 0.636. The molecule has 0 heterocycles. The van der Waals surface area contributed by atoms with Gasteiger partial charge in [0.25, 0.3) is 0 Å². The number of rotatable bonds is 10. The molecule has 0 aromatic heterocycles. The van der Waals surface area contributed by atoms with Crippen molar-refractivity contribution in [3.63, 3.8) is 0 Å². The van der Waals surface area contributed by atoms with Crippen LogP contribution in [-0.2, 0) is 4.74 Å². The summed E-state index contributed by atoms with van der Waals surface area (Å²) >= 11 is 0. The van der Waals surface area contributed by atoms with Crippen LogP contribution >= 0.6 is 0 Å². The van der Waals surface area contributed by atoms with E-state index in [0.717, 1.165) is 31.1 Å². The van der Waals surface area contributed by atoms with Gasteiger partial charge in [0.2, 0.25) is 6.29 Å². The first-order valence-electron chi connectivity index (χ1n) is 14.3. The van der Waals surface area contributed by atoms with E-state index in [4.69, 9.17) is 14.6 Å². The monoisotopic (exact) mass is 496 g/mol. The van der Waals surface area contributed by atoms with Gasteiger partial charge in [0.05, 0.1) is 6.61 Å². The first-order chi connectivity index (χ1) is 17.1. The van der Waals surface area contributed by atoms with Crippen molar-refractivity contribution < 1.29 is 14.6 Å². The average molecular weight is 497 g/mol. The lowest BCUT2D eigenvalue weighted by Crippen LogP contribution is -2.35. The van der Waals surface area contributed by atoms with Crippen LogP contribution in [0.2, 0.25) is 0 Å². The second kappa shape index (κ2) is 15.3. The van der Waals surface area contributed by atoms with E-state index in [1.165, 1.54) is 49.7 Å². The molecule has 3 heteroatoms. The minimum absolute atomic E-state index is 0.0397. The molecular weight excluding hydrogens is 444 g/mol. The molecule has 0 saturated heterocycles. The summed E-state index contributed by atoms with van der Waals surface area (Å²) in [5.41, 5.74) is 2.63. The van der Waals surface area contributed by atoms with Crippen molar-refractivity contribution in [3.8, 4) is 11.5 Å². The van der Waals surface area contributed by atoms with Crippen LogP contribution in [0.1, 0.15) is 123 Å². The normalized spacial score (nSPS) is 17.0. The van der Waals surface area contributed by atoms with Crippen LogP contribution in [0.5, 0.6) is 11.5 Å². The molecule has 0 spiro atoms. The summed E-state index contributed by atoms with van der Waals surface area (Å²) in [4.78, 5) is 0. The van der Waals surface area contributed by atoms with Gasteiger partial charge < -0.3 is 14.6 Å². The SMILES string of the molecule is CCC(C)c1ccc(O)cc1.CCC(C)c1ccc(OC(OCCC2CCCCC2)C(C)(C)C)cc1. The number of hydrogen-bond donors (Lipinski definition) is 1. The topological polar surface area (TPSA) is 38.7 Å². The Bertz CT molecular complexity index is 829. The Kier molecular flexibility index (Phi) is 12.8. The van der Waals surface area contributed by atoms with Gasteiger partial charge in [-0.1, -0.05) is 105 Å². The molecule has 1 N–H and O–H groups in total. The number of phenols is 1. The van der Waals surface area contributed by atoms with Gasteiger partial charge in [-0.05, 0) is 72.4 Å². The predicted molar refractivity (Wildman–Crippen MR) is 153 cm³/mol. The lowest BCUT2D eigenvalue weighted by atomic mass is 9.87. The fourth-order valence-electron chi connectivity index (χ4n) is 4.55. The zero-order chi connectivity index (χ0) is 26.6. The standard InChI is InChI=1S/C23H38O2.C10H14O/c1-6-18(2)20-12-14-21(15-13-20)25-22(23(3,4)5)24-17-16-19-10-8-7-9-11-19;1-3-8(2)9-4-6-10(11)7-5-9/h12-15,18-19,22H,6-11,16-17H2,1-5H3;4-8,11H,3H2,1-2H3. The smallest absolute Gasteiger partial charge is 0.204 e. The first-order valence-corrected chi connectivity index (χ1v) is 14.3. The molecule has 0 radical (unpaired) electrons. The van der Waals surface area contributed by atoms with Crippen LogP contribution in [-0.4, -0.2) is 18.0 Å². The Labute approximate surface area is 221 Å². The van der Waals surface area contributed by atoms with Crippen molar-refractivity contribution in [1.29, 1.82) is 0 Å². The summed E-state index contributed by atoms with van der Waals surface area (Å²) < 4.78 is 12.4. The van der Waals surface area contributed by atoms with Crippen molar-refractivity contribution in [2.24, 2.45) is 11.3 Å². The molecule has 202 valence electrons. The summed E-state index contributed by atoms with van der Waals surface area (Å²) in [6, 6.07) is 16.0. The van der Waals surface area contributed by atoms with E-state index in [-0.39, 0.29) is 11.7 Å². The summed E-state index contributed by atoms with van der Waals surface area (Å²) in [5, 5.41) is 9.01. The highest BCUT2D eigenvalue weighted by Crippen LogP contribution is 2.30. The van der Waals surface area contributed by atoms with E-state index in [2.05, 4.69) is 72.7 Å². The number of benzene rings is 2. The van der Waals surface area contributed by atoms with E-state index in [0.29, 0.717) is 17.6 Å². The van der Waals surface area contributed by atoms with E-state index in [9.17, 15) is 0 Å². The molecule has 2 aromatic carbocycles. The Morgan fingerprint density at radius 1 is 0.806 bits per heavy atom. The molecule has 0 amide bonds. The third kappa shape index (κ3) is 10.5. The highest BCUT2D eigenvalue weighted by Gasteiger charge is 2.28. The molecule has 2 aromatic rings. The molecular formula is C33H52O3. The maximum atomic E-state index is 9.01. The van der Waals surface area contributed by atoms with Crippen LogP contribution < -0.4 is 4.74 Å². The van der Waals surface area contributed by atoms with Gasteiger partial charge >= 0.3 is 0 Å². The number of aromatic hydroxyl groups is 1. The van der Waals surface area contributed by atoms with Crippen LogP contribution in [0.25, 0.3) is 0 Å². The molecule has 1 fully saturated rings. The minimum atomic E-state index is -0.203. The minimum Gasteiger partial charge on any atom is -0.508 e. The maximum Gasteiger partial charge on any atom is 0.204 e. The van der Waals surface area contributed by atoms with Crippen LogP contribution in [0.3, 0.4) is 0 Å². The highest BCUT2D eigenvalue weighted by atomic mass is 16.7. The van der Waals surface area contributed by atoms with Crippen molar-refractivity contribution >= 4 is 0 Å². The molecule has 3 rings (SSSR count). The lowest BCUT2D eigenvalue weighted by Gasteiger charge is -2.32. The zero-order valence-corrected chi connectivity index (χ0v) is 24.1. The zero-order valence-electron chi connectivity index (χ0n) is 24.1. The first kappa shape index (κ1) is 30.2. The highest BCUT2D eigenvalue weighted by molar-refractivity contribution is 5.29. The largest absolute Gasteiger partial charge is 0.508 e. The molecule has 3 unspecified atom stereocenters. The van der Waals surface area contributed by atoms with E-state index in [1.807, 2.05) is 12.1 Å². The second-order valence-corrected chi connectivity index (χ2v) is 11.8. The third-order valence-electron chi connectivity index (χ3n) is 7.61. The molecule has 3 atom stereocenters. The molecule has 1 aliphatic carbocycles. The molecule has 36 heavy (non-hydrogen) atoms. The van der Waals surface area contributed by atoms with Gasteiger partial charge in [0, 0.05) is 5.41 Å². The summed E-state index contributed by atoms with van der Waals surface area (Å²) in [6.45, 7) is 16.2. The number of ether oxygens (including phenoxy) is 2. The molecule has 1 saturated carbocycles. The third-order valence-corrected chi connectivity index (χ3v) is 7.61. The van der Waals surface area contributed by atoms with Crippen LogP contribution in [0.4, 0.5) is 0 Å². The predicted octanol–water partition coefficient (Wildman–Crippen LogP) is 9.84. The Hall–Kier alpha value is -2.00. The van der Waals surface area contributed by atoms with Crippen molar-refractivity contribution in [2.45, 2.75) is 118 Å². The number of hydrogen-bond acceptors (Lipinski definition) is 3. The summed E-state index contributed by atoms with van der Waals surface area (Å²) in [7, 11) is 0. The van der Waals surface area contributed by atoms with Crippen LogP contribution in [0, 0.1) is 11.3 Å². The van der Waals surface area contributed by atoms with Gasteiger partial charge in [-0.3, -0.25) is 0 Å². The van der Waals surface area contributed by atoms with Gasteiger partial charge in [-0.15, -0.1) is 0 Å². The van der Waals surface area contributed by atoms with Crippen molar-refractivity contribution in [2.75, 3.05) is 6.61 Å². The summed E-state index contributed by atoms with van der Waals surface area (Å²) in [5.74, 6) is 3.29. The fourth-order valence-corrected chi connectivity index (χ4v) is 4.55.